The molecule has 16 heteroatoms. The molecular weight excluding hydrogens is 592 g/mol. The summed E-state index contributed by atoms with van der Waals surface area (Å²) in [5, 5.41) is 0.668. The molecule has 2 N–H and O–H groups in total. The van der Waals surface area contributed by atoms with E-state index in [9.17, 15) is 27.6 Å². The van der Waals surface area contributed by atoms with E-state index in [1.54, 1.807) is 22.9 Å². The third-order valence-electron chi connectivity index (χ3n) is 5.83. The van der Waals surface area contributed by atoms with Crippen LogP contribution >= 0.6 is 30.8 Å². The van der Waals surface area contributed by atoms with Crippen LogP contribution in [-0.2, 0) is 24.1 Å². The van der Waals surface area contributed by atoms with E-state index in [1.165, 1.54) is 35.5 Å². The van der Waals surface area contributed by atoms with Crippen LogP contribution in [0.4, 0.5) is 11.5 Å². The number of amides is 1. The highest BCUT2D eigenvalue weighted by molar-refractivity contribution is 7.93. The number of carbonyl (C=O) groups excluding carboxylic acids is 1. The fourth-order valence-corrected chi connectivity index (χ4v) is 7.50. The Morgan fingerprint density at radius 2 is 1.72 bits per heavy atom. The monoisotopic (exact) mass is 611 g/mol. The second-order valence-electron chi connectivity index (χ2n) is 8.52. The van der Waals surface area contributed by atoms with Gasteiger partial charge in [-0.05, 0) is 42.5 Å². The number of morpholine rings is 1. The molecule has 2 aromatic carbocycles. The maximum absolute atomic E-state index is 13.5. The lowest BCUT2D eigenvalue weighted by Crippen LogP contribution is -2.42. The predicted molar refractivity (Wildman–Crippen MR) is 145 cm³/mol. The first-order valence-electron chi connectivity index (χ1n) is 11.3. The van der Waals surface area contributed by atoms with E-state index in [0.717, 1.165) is 12.1 Å². The van der Waals surface area contributed by atoms with Crippen LogP contribution in [-0.4, -0.2) is 64.7 Å². The van der Waals surface area contributed by atoms with Gasteiger partial charge in [0.1, 0.15) is 12.9 Å². The van der Waals surface area contributed by atoms with Crippen molar-refractivity contribution in [3.8, 4) is 5.82 Å². The van der Waals surface area contributed by atoms with Gasteiger partial charge in [0.2, 0.25) is 0 Å². The number of anilines is 2. The smallest absolute Gasteiger partial charge is 0.345 e. The highest BCUT2D eigenvalue weighted by atomic mass is 35.5. The van der Waals surface area contributed by atoms with Gasteiger partial charge < -0.3 is 14.5 Å². The number of sulfonamides is 1. The molecule has 1 amide bonds. The summed E-state index contributed by atoms with van der Waals surface area (Å²) in [4.78, 5) is 41.3. The van der Waals surface area contributed by atoms with Crippen LogP contribution in [0.1, 0.15) is 0 Å². The molecule has 2 aromatic heterocycles. The number of carbonyl (C=O) groups is 1. The minimum absolute atomic E-state index is 0.0203. The average molecular weight is 612 g/mol. The number of fused-ring (bicyclic) bond motifs is 1. The molecule has 0 bridgehead atoms. The SMILES string of the molecule is O=C1COCCN1c1cnc(-n2ccc3cc(N(CP(=O)(O)O)S(=O)(=O)c4cc(Cl)cc(Cl)c4)ccc32)cn1. The van der Waals surface area contributed by atoms with E-state index < -0.39 is 23.9 Å². The summed E-state index contributed by atoms with van der Waals surface area (Å²) in [6, 6.07) is 9.84. The van der Waals surface area contributed by atoms with Gasteiger partial charge >= 0.3 is 7.60 Å². The van der Waals surface area contributed by atoms with Crippen LogP contribution in [0.2, 0.25) is 10.0 Å². The minimum Gasteiger partial charge on any atom is -0.370 e. The molecule has 39 heavy (non-hydrogen) atoms. The summed E-state index contributed by atoms with van der Waals surface area (Å²) in [6.07, 6.45) is 3.57. The number of nitrogens with zero attached hydrogens (tertiary/aromatic N) is 5. The van der Waals surface area contributed by atoms with Gasteiger partial charge in [-0.25, -0.2) is 18.4 Å². The van der Waals surface area contributed by atoms with Gasteiger partial charge in [-0.3, -0.25) is 23.1 Å². The highest BCUT2D eigenvalue weighted by Crippen LogP contribution is 2.40. The Bertz CT molecular complexity index is 1710. The molecule has 12 nitrogen and oxygen atoms in total. The van der Waals surface area contributed by atoms with Crippen molar-refractivity contribution in [2.75, 3.05) is 35.2 Å². The number of aromatic nitrogens is 3. The summed E-state index contributed by atoms with van der Waals surface area (Å²) in [5.74, 6) is 0.623. The van der Waals surface area contributed by atoms with E-state index in [1.807, 2.05) is 0 Å². The first-order chi connectivity index (χ1) is 18.4. The topological polar surface area (TPSA) is 155 Å². The summed E-state index contributed by atoms with van der Waals surface area (Å²) >= 11 is 12.0. The Morgan fingerprint density at radius 3 is 2.36 bits per heavy atom. The molecule has 4 aromatic rings. The summed E-state index contributed by atoms with van der Waals surface area (Å²) < 4.78 is 46.3. The third kappa shape index (κ3) is 5.80. The molecule has 1 aliphatic heterocycles. The largest absolute Gasteiger partial charge is 0.370 e. The Hall–Kier alpha value is -3.03. The van der Waals surface area contributed by atoms with Crippen LogP contribution in [0, 0.1) is 0 Å². The van der Waals surface area contributed by atoms with Crippen LogP contribution < -0.4 is 9.21 Å². The fraction of sp³-hybridized carbons (Fsp3) is 0.174. The molecule has 0 saturated carbocycles. The second kappa shape index (κ2) is 10.5. The molecule has 0 radical (unpaired) electrons. The van der Waals surface area contributed by atoms with Crippen LogP contribution in [0.3, 0.4) is 0 Å². The van der Waals surface area contributed by atoms with Crippen LogP contribution in [0.25, 0.3) is 16.7 Å². The van der Waals surface area contributed by atoms with E-state index in [2.05, 4.69) is 9.97 Å². The Balaban J connectivity index is 1.51. The number of hydrogen-bond donors (Lipinski definition) is 2. The molecule has 1 saturated heterocycles. The Morgan fingerprint density at radius 1 is 1.03 bits per heavy atom. The number of halogens is 2. The zero-order valence-corrected chi connectivity index (χ0v) is 23.1. The van der Waals surface area contributed by atoms with Crippen molar-refractivity contribution in [2.24, 2.45) is 0 Å². The minimum atomic E-state index is -4.83. The van der Waals surface area contributed by atoms with E-state index in [-0.39, 0.29) is 33.1 Å². The molecule has 3 heterocycles. The zero-order valence-electron chi connectivity index (χ0n) is 19.9. The molecule has 0 unspecified atom stereocenters. The Kier molecular flexibility index (Phi) is 7.42. The molecule has 1 aliphatic rings. The van der Waals surface area contributed by atoms with Crippen LogP contribution in [0.5, 0.6) is 0 Å². The second-order valence-corrected chi connectivity index (χ2v) is 12.9. The maximum Gasteiger partial charge on any atom is 0.345 e. The quantitative estimate of drug-likeness (QED) is 0.299. The number of benzene rings is 2. The van der Waals surface area contributed by atoms with E-state index in [0.29, 0.717) is 40.0 Å². The molecule has 5 rings (SSSR count). The van der Waals surface area contributed by atoms with Gasteiger partial charge in [0.15, 0.2) is 11.6 Å². The summed E-state index contributed by atoms with van der Waals surface area (Å²) in [7, 11) is -9.29. The van der Waals surface area contributed by atoms with Crippen molar-refractivity contribution >= 4 is 69.1 Å². The van der Waals surface area contributed by atoms with E-state index in [4.69, 9.17) is 27.9 Å². The number of rotatable bonds is 7. The zero-order chi connectivity index (χ0) is 27.9. The first kappa shape index (κ1) is 27.5. The predicted octanol–water partition coefficient (Wildman–Crippen LogP) is 3.42. The summed E-state index contributed by atoms with van der Waals surface area (Å²) in [5.41, 5.74) is 0.648. The van der Waals surface area contributed by atoms with Gasteiger partial charge in [-0.1, -0.05) is 23.2 Å². The highest BCUT2D eigenvalue weighted by Gasteiger charge is 2.32. The van der Waals surface area contributed by atoms with E-state index >= 15 is 0 Å². The lowest BCUT2D eigenvalue weighted by molar-refractivity contribution is -0.125. The van der Waals surface area contributed by atoms with Crippen LogP contribution in [0.15, 0.2) is 66.0 Å². The Labute approximate surface area is 232 Å². The van der Waals surface area contributed by atoms with Gasteiger partial charge in [0.05, 0.1) is 41.6 Å². The maximum atomic E-state index is 13.5. The first-order valence-corrected chi connectivity index (χ1v) is 15.3. The van der Waals surface area contributed by atoms with Gasteiger partial charge in [-0.15, -0.1) is 0 Å². The molecule has 0 spiro atoms. The van der Waals surface area contributed by atoms with Crippen molar-refractivity contribution in [1.82, 2.24) is 14.5 Å². The van der Waals surface area contributed by atoms with Crippen molar-refractivity contribution in [3.05, 3.63) is 71.1 Å². The molecule has 204 valence electrons. The molecular formula is C23H20Cl2N5O7PS. The van der Waals surface area contributed by atoms with Gasteiger partial charge in [0.25, 0.3) is 15.9 Å². The average Bonchev–Trinajstić information content (AvgIpc) is 3.30. The summed E-state index contributed by atoms with van der Waals surface area (Å²) in [6.45, 7) is 0.753. The van der Waals surface area contributed by atoms with Crippen molar-refractivity contribution in [3.63, 3.8) is 0 Å². The lowest BCUT2D eigenvalue weighted by Gasteiger charge is -2.25. The molecule has 0 atom stereocenters. The lowest BCUT2D eigenvalue weighted by atomic mass is 10.2. The van der Waals surface area contributed by atoms with Gasteiger partial charge in [0, 0.05) is 21.6 Å². The normalized spacial score (nSPS) is 14.7. The third-order valence-corrected chi connectivity index (χ3v) is 8.86. The molecule has 0 aliphatic carbocycles. The van der Waals surface area contributed by atoms with Crippen molar-refractivity contribution in [1.29, 1.82) is 0 Å². The molecule has 1 fully saturated rings. The van der Waals surface area contributed by atoms with Crippen molar-refractivity contribution in [2.45, 2.75) is 4.90 Å². The fourth-order valence-electron chi connectivity index (χ4n) is 4.09. The standard InChI is InChI=1S/C23H20Cl2N5O7PS/c24-16-8-17(25)10-19(9-16)39(35,36)30(14-38(32,33)34)18-1-2-20-15(7-18)3-4-28(20)21-11-27-22(12-26-21)29-5-6-37-13-23(29)31/h1-4,7-12H,5-6,13-14H2,(H2,32,33,34). The number of hydrogen-bond acceptors (Lipinski definition) is 7. The van der Waals surface area contributed by atoms with Gasteiger partial charge in [-0.2, -0.15) is 0 Å². The number of ether oxygens (including phenoxy) is 1. The van der Waals surface area contributed by atoms with Crippen molar-refractivity contribution < 1.29 is 32.3 Å².